The number of carbonyl (C=O) groups is 1. The molecule has 2 aliphatic rings. The Morgan fingerprint density at radius 2 is 1.79 bits per heavy atom. The quantitative estimate of drug-likeness (QED) is 0.661. The van der Waals surface area contributed by atoms with E-state index in [1.807, 2.05) is 0 Å². The van der Waals surface area contributed by atoms with Gasteiger partial charge in [0.1, 0.15) is 17.6 Å². The lowest BCUT2D eigenvalue weighted by atomic mass is 9.85. The summed E-state index contributed by atoms with van der Waals surface area (Å²) in [6.45, 7) is 0.684. The Hall–Kier alpha value is -2.26. The van der Waals surface area contributed by atoms with E-state index in [2.05, 4.69) is 10.3 Å². The van der Waals surface area contributed by atoms with Gasteiger partial charge in [0, 0.05) is 19.1 Å². The van der Waals surface area contributed by atoms with Crippen LogP contribution in [0.25, 0.3) is 0 Å². The van der Waals surface area contributed by atoms with Crippen LogP contribution in [0.15, 0.2) is 6.07 Å². The van der Waals surface area contributed by atoms with Crippen LogP contribution < -0.4 is 16.0 Å². The first-order valence-corrected chi connectivity index (χ1v) is 9.41. The van der Waals surface area contributed by atoms with E-state index in [0.717, 1.165) is 0 Å². The van der Waals surface area contributed by atoms with Gasteiger partial charge in [0.05, 0.1) is 11.6 Å². The number of nitrogens with two attached hydrogens (primary N) is 1. The van der Waals surface area contributed by atoms with Gasteiger partial charge < -0.3 is 21.1 Å². The molecule has 1 aromatic rings. The summed E-state index contributed by atoms with van der Waals surface area (Å²) in [5.41, 5.74) is 6.00. The highest BCUT2D eigenvalue weighted by Crippen LogP contribution is 2.38. The number of aromatic nitrogens is 1. The summed E-state index contributed by atoms with van der Waals surface area (Å²) >= 11 is 0. The van der Waals surface area contributed by atoms with Crippen molar-refractivity contribution in [2.24, 2.45) is 5.92 Å². The smallest absolute Gasteiger partial charge is 0.391 e. The van der Waals surface area contributed by atoms with Crippen LogP contribution in [-0.2, 0) is 0 Å². The second kappa shape index (κ2) is 8.00. The summed E-state index contributed by atoms with van der Waals surface area (Å²) in [6.07, 6.45) is -3.80. The maximum Gasteiger partial charge on any atom is 0.391 e. The largest absolute Gasteiger partial charge is 0.478 e. The molecule has 0 bridgehead atoms. The van der Waals surface area contributed by atoms with Gasteiger partial charge in [0.2, 0.25) is 0 Å². The summed E-state index contributed by atoms with van der Waals surface area (Å²) in [7, 11) is 0. The second-order valence-corrected chi connectivity index (χ2v) is 7.50. The van der Waals surface area contributed by atoms with Gasteiger partial charge in [-0.15, -0.1) is 0 Å². The Kier molecular flexibility index (Phi) is 5.85. The van der Waals surface area contributed by atoms with E-state index >= 15 is 0 Å². The first-order valence-electron chi connectivity index (χ1n) is 9.41. The maximum atomic E-state index is 13.4. The van der Waals surface area contributed by atoms with Gasteiger partial charge in [0.15, 0.2) is 5.82 Å². The Morgan fingerprint density at radius 1 is 1.18 bits per heavy atom. The first-order chi connectivity index (χ1) is 13.1. The number of nitrogen functional groups attached to an aromatic ring is 1. The zero-order valence-corrected chi connectivity index (χ0v) is 15.3. The third-order valence-corrected chi connectivity index (χ3v) is 5.52. The zero-order valence-electron chi connectivity index (χ0n) is 15.3. The fourth-order valence-electron chi connectivity index (χ4n) is 3.85. The van der Waals surface area contributed by atoms with Gasteiger partial charge in [-0.1, -0.05) is 0 Å². The second-order valence-electron chi connectivity index (χ2n) is 7.50. The molecule has 28 heavy (non-hydrogen) atoms. The maximum absolute atomic E-state index is 13.4. The molecular formula is C18H24F4N4O2. The predicted octanol–water partition coefficient (Wildman–Crippen LogP) is 3.83. The van der Waals surface area contributed by atoms with Crippen molar-refractivity contribution < 1.29 is 27.5 Å². The molecular weight excluding hydrogens is 380 g/mol. The van der Waals surface area contributed by atoms with Gasteiger partial charge in [-0.25, -0.2) is 14.2 Å². The SMILES string of the molecule is Nc1cc(C(=O)O)c(N2CCC(F)CC2)nc1NC1CCC(C(F)(F)F)CC1. The standard InChI is InChI=1S/C18H24F4N4O2/c19-11-5-7-26(8-6-11)16-13(17(27)28)9-14(23)15(25-16)24-12-3-1-10(2-4-12)18(20,21)22/h9-12H,1-8,23H2,(H,24,25)(H,27,28). The average molecular weight is 404 g/mol. The Balaban J connectivity index is 1.76. The van der Waals surface area contributed by atoms with Crippen LogP contribution in [0.4, 0.5) is 34.9 Å². The normalized spacial score (nSPS) is 24.2. The van der Waals surface area contributed by atoms with Crippen molar-refractivity contribution in [3.63, 3.8) is 0 Å². The number of hydrogen-bond donors (Lipinski definition) is 3. The van der Waals surface area contributed by atoms with Crippen molar-refractivity contribution in [1.82, 2.24) is 4.98 Å². The molecule has 0 aromatic carbocycles. The van der Waals surface area contributed by atoms with Crippen molar-refractivity contribution in [1.29, 1.82) is 0 Å². The molecule has 1 saturated heterocycles. The third kappa shape index (κ3) is 4.59. The van der Waals surface area contributed by atoms with Crippen molar-refractivity contribution in [2.75, 3.05) is 29.0 Å². The number of alkyl halides is 4. The number of anilines is 3. The van der Waals surface area contributed by atoms with Crippen LogP contribution in [-0.4, -0.2) is 47.5 Å². The minimum absolute atomic E-state index is 0.0329. The van der Waals surface area contributed by atoms with Crippen LogP contribution in [0.3, 0.4) is 0 Å². The molecule has 10 heteroatoms. The number of hydrogen-bond acceptors (Lipinski definition) is 5. The molecule has 1 saturated carbocycles. The van der Waals surface area contributed by atoms with Crippen molar-refractivity contribution >= 4 is 23.3 Å². The number of nitrogens with one attached hydrogen (secondary N) is 1. The summed E-state index contributed by atoms with van der Waals surface area (Å²) in [5.74, 6) is -2.01. The van der Waals surface area contributed by atoms with Gasteiger partial charge in [-0.3, -0.25) is 0 Å². The number of piperidine rings is 1. The van der Waals surface area contributed by atoms with Crippen molar-refractivity contribution in [3.8, 4) is 0 Å². The minimum Gasteiger partial charge on any atom is -0.478 e. The molecule has 2 fully saturated rings. The van der Waals surface area contributed by atoms with E-state index in [1.54, 1.807) is 4.90 Å². The molecule has 156 valence electrons. The Labute approximate surface area is 160 Å². The van der Waals surface area contributed by atoms with Gasteiger partial charge >= 0.3 is 12.1 Å². The molecule has 1 aromatic heterocycles. The Bertz CT molecular complexity index is 712. The molecule has 4 N–H and O–H groups in total. The van der Waals surface area contributed by atoms with Gasteiger partial charge in [-0.05, 0) is 44.6 Å². The van der Waals surface area contributed by atoms with Crippen LogP contribution >= 0.6 is 0 Å². The highest BCUT2D eigenvalue weighted by atomic mass is 19.4. The molecule has 1 aliphatic carbocycles. The number of pyridine rings is 1. The Morgan fingerprint density at radius 3 is 2.32 bits per heavy atom. The minimum atomic E-state index is -4.18. The average Bonchev–Trinajstić information content (AvgIpc) is 2.63. The summed E-state index contributed by atoms with van der Waals surface area (Å²) in [6, 6.07) is 1.09. The summed E-state index contributed by atoms with van der Waals surface area (Å²) in [5, 5.41) is 12.5. The topological polar surface area (TPSA) is 91.5 Å². The molecule has 0 amide bonds. The van der Waals surface area contributed by atoms with Crippen LogP contribution in [0, 0.1) is 5.92 Å². The monoisotopic (exact) mass is 404 g/mol. The van der Waals surface area contributed by atoms with Crippen molar-refractivity contribution in [2.45, 2.75) is 56.9 Å². The van der Waals surface area contributed by atoms with E-state index in [-0.39, 0.29) is 54.6 Å². The van der Waals surface area contributed by atoms with E-state index in [9.17, 15) is 27.5 Å². The number of aromatic carboxylic acids is 1. The lowest BCUT2D eigenvalue weighted by Gasteiger charge is -2.33. The zero-order chi connectivity index (χ0) is 20.5. The predicted molar refractivity (Wildman–Crippen MR) is 97.4 cm³/mol. The lowest BCUT2D eigenvalue weighted by Crippen LogP contribution is -2.36. The molecule has 0 atom stereocenters. The van der Waals surface area contributed by atoms with E-state index < -0.39 is 24.2 Å². The highest BCUT2D eigenvalue weighted by molar-refractivity contribution is 5.95. The van der Waals surface area contributed by atoms with E-state index in [0.29, 0.717) is 25.9 Å². The highest BCUT2D eigenvalue weighted by Gasteiger charge is 2.41. The van der Waals surface area contributed by atoms with E-state index in [4.69, 9.17) is 5.73 Å². The van der Waals surface area contributed by atoms with Crippen LogP contribution in [0.1, 0.15) is 48.9 Å². The van der Waals surface area contributed by atoms with E-state index in [1.165, 1.54) is 6.07 Å². The summed E-state index contributed by atoms with van der Waals surface area (Å²) in [4.78, 5) is 17.7. The third-order valence-electron chi connectivity index (χ3n) is 5.52. The molecule has 6 nitrogen and oxygen atoms in total. The molecule has 0 unspecified atom stereocenters. The van der Waals surface area contributed by atoms with Crippen molar-refractivity contribution in [3.05, 3.63) is 11.6 Å². The lowest BCUT2D eigenvalue weighted by molar-refractivity contribution is -0.182. The number of nitrogens with zero attached hydrogens (tertiary/aromatic N) is 2. The fraction of sp³-hybridized carbons (Fsp3) is 0.667. The number of rotatable bonds is 4. The van der Waals surface area contributed by atoms with Gasteiger partial charge in [-0.2, -0.15) is 13.2 Å². The fourth-order valence-corrected chi connectivity index (χ4v) is 3.85. The molecule has 0 spiro atoms. The number of carboxylic acids is 1. The molecule has 2 heterocycles. The number of halogens is 4. The van der Waals surface area contributed by atoms with Crippen LogP contribution in [0.2, 0.25) is 0 Å². The molecule has 3 rings (SSSR count). The molecule has 1 aliphatic heterocycles. The summed E-state index contributed by atoms with van der Waals surface area (Å²) < 4.78 is 51.9. The van der Waals surface area contributed by atoms with Gasteiger partial charge in [0.25, 0.3) is 0 Å². The number of carboxylic acid groups (broad SMARTS) is 1. The van der Waals surface area contributed by atoms with Crippen LogP contribution in [0.5, 0.6) is 0 Å². The first kappa shape index (κ1) is 20.5. The molecule has 0 radical (unpaired) electrons.